The molecule has 1 rings (SSSR count). The lowest BCUT2D eigenvalue weighted by Gasteiger charge is -1.94. The zero-order chi connectivity index (χ0) is 6.69. The molecule has 0 atom stereocenters. The summed E-state index contributed by atoms with van der Waals surface area (Å²) in [4.78, 5) is 3.77. The highest BCUT2D eigenvalue weighted by Gasteiger charge is 1.87. The maximum Gasteiger partial charge on any atom is 0.115 e. The van der Waals surface area contributed by atoms with Gasteiger partial charge in [-0.25, -0.2) is 0 Å². The molecule has 1 aromatic rings. The van der Waals surface area contributed by atoms with Gasteiger partial charge in [0.2, 0.25) is 0 Å². The van der Waals surface area contributed by atoms with Crippen molar-refractivity contribution in [3.05, 3.63) is 24.0 Å². The molecule has 0 saturated heterocycles. The largest absolute Gasteiger partial charge is 0.392 e. The molecule has 0 bridgehead atoms. The molecule has 2 nitrogen and oxygen atoms in total. The van der Waals surface area contributed by atoms with Crippen LogP contribution in [-0.4, -0.2) is 17.9 Å². The summed E-state index contributed by atoms with van der Waals surface area (Å²) in [6.45, 7) is -0.00194. The van der Waals surface area contributed by atoms with Crippen LogP contribution in [0.2, 0.25) is 0 Å². The number of rotatable bonds is 1. The summed E-state index contributed by atoms with van der Waals surface area (Å²) in [5.74, 6) is 0. The minimum absolute atomic E-state index is 0.00194. The average molecular weight is 119 g/mol. The second kappa shape index (κ2) is 2.64. The molecular weight excluding hydrogens is 113 g/mol. The third-order valence-corrected chi connectivity index (χ3v) is 0.999. The van der Waals surface area contributed by atoms with E-state index in [2.05, 4.69) is 4.98 Å². The molecule has 0 fully saturated rings. The molecule has 1 heterocycles. The first-order valence-electron chi connectivity index (χ1n) is 2.63. The van der Waals surface area contributed by atoms with E-state index < -0.39 is 0 Å². The summed E-state index contributed by atoms with van der Waals surface area (Å²) < 4.78 is 0. The van der Waals surface area contributed by atoms with Crippen molar-refractivity contribution in [1.82, 2.24) is 4.98 Å². The van der Waals surface area contributed by atoms with Gasteiger partial charge in [-0.1, -0.05) is 11.5 Å². The maximum atomic E-state index is 8.57. The Morgan fingerprint density at radius 2 is 2.33 bits per heavy atom. The fraction of sp³-hybridized carbons (Fsp3) is 0.167. The first-order valence-corrected chi connectivity index (χ1v) is 2.63. The Morgan fingerprint density at radius 1 is 1.56 bits per heavy atom. The molecule has 0 amide bonds. The average Bonchev–Trinajstić information content (AvgIpc) is 1.88. The summed E-state index contributed by atoms with van der Waals surface area (Å²) in [6.07, 6.45) is 3.12. The van der Waals surface area contributed by atoms with Gasteiger partial charge in [-0.05, 0) is 5.56 Å². The smallest absolute Gasteiger partial charge is 0.115 e. The Hall–Kier alpha value is -0.825. The van der Waals surface area contributed by atoms with E-state index in [1.165, 1.54) is 0 Å². The Morgan fingerprint density at radius 3 is 2.78 bits per heavy atom. The molecular formula is C6H6BNO. The fourth-order valence-electron chi connectivity index (χ4n) is 0.594. The second-order valence-corrected chi connectivity index (χ2v) is 1.78. The van der Waals surface area contributed by atoms with Gasteiger partial charge >= 0.3 is 0 Å². The molecule has 0 aliphatic heterocycles. The highest BCUT2D eigenvalue weighted by Crippen LogP contribution is 1.90. The summed E-state index contributed by atoms with van der Waals surface area (Å²) in [7, 11) is 5.36. The minimum Gasteiger partial charge on any atom is -0.392 e. The summed E-state index contributed by atoms with van der Waals surface area (Å²) in [5.41, 5.74) is 1.33. The van der Waals surface area contributed by atoms with Crippen molar-refractivity contribution in [3.63, 3.8) is 0 Å². The number of aliphatic hydroxyl groups is 1. The van der Waals surface area contributed by atoms with Crippen LogP contribution in [0.1, 0.15) is 5.56 Å². The Bertz CT molecular complexity index is 202. The highest BCUT2D eigenvalue weighted by atomic mass is 16.3. The normalized spacial score (nSPS) is 9.44. The lowest BCUT2D eigenvalue weighted by molar-refractivity contribution is 0.281. The molecule has 0 aliphatic rings. The Labute approximate surface area is 55.0 Å². The zero-order valence-corrected chi connectivity index (χ0v) is 4.91. The molecule has 44 valence electrons. The molecule has 3 heteroatoms. The van der Waals surface area contributed by atoms with Gasteiger partial charge in [0.25, 0.3) is 0 Å². The van der Waals surface area contributed by atoms with Gasteiger partial charge in [-0.3, -0.25) is 4.98 Å². The molecule has 0 aliphatic carbocycles. The molecule has 0 saturated carbocycles. The van der Waals surface area contributed by atoms with Crippen molar-refractivity contribution >= 4 is 13.3 Å². The van der Waals surface area contributed by atoms with E-state index in [9.17, 15) is 0 Å². The number of aliphatic hydroxyl groups excluding tert-OH is 1. The van der Waals surface area contributed by atoms with Crippen molar-refractivity contribution < 1.29 is 5.11 Å². The van der Waals surface area contributed by atoms with E-state index >= 15 is 0 Å². The number of aromatic nitrogens is 1. The maximum absolute atomic E-state index is 8.57. The predicted molar refractivity (Wildman–Crippen MR) is 35.5 cm³/mol. The third-order valence-electron chi connectivity index (χ3n) is 0.999. The quantitative estimate of drug-likeness (QED) is 0.499. The monoisotopic (exact) mass is 119 g/mol. The minimum atomic E-state index is -0.00194. The topological polar surface area (TPSA) is 33.1 Å². The Kier molecular flexibility index (Phi) is 1.85. The number of nitrogens with zero attached hydrogens (tertiary/aromatic N) is 1. The van der Waals surface area contributed by atoms with Crippen LogP contribution in [-0.2, 0) is 6.61 Å². The molecule has 2 radical (unpaired) electrons. The third kappa shape index (κ3) is 1.54. The first kappa shape index (κ1) is 6.30. The predicted octanol–water partition coefficient (Wildman–Crippen LogP) is -0.632. The van der Waals surface area contributed by atoms with Gasteiger partial charge in [0.05, 0.1) is 6.61 Å². The van der Waals surface area contributed by atoms with Crippen LogP contribution in [0.4, 0.5) is 0 Å². The van der Waals surface area contributed by atoms with Gasteiger partial charge < -0.3 is 5.11 Å². The molecule has 1 N–H and O–H groups in total. The van der Waals surface area contributed by atoms with E-state index in [0.717, 1.165) is 5.56 Å². The van der Waals surface area contributed by atoms with Crippen LogP contribution in [0, 0.1) is 0 Å². The molecule has 1 aromatic heterocycles. The lowest BCUT2D eigenvalue weighted by Crippen LogP contribution is -2.03. The SMILES string of the molecule is [B]c1cncc(CO)c1. The molecule has 0 spiro atoms. The van der Waals surface area contributed by atoms with Crippen molar-refractivity contribution in [2.75, 3.05) is 0 Å². The number of hydrogen-bond donors (Lipinski definition) is 1. The van der Waals surface area contributed by atoms with Crippen LogP contribution in [0.15, 0.2) is 18.5 Å². The van der Waals surface area contributed by atoms with Crippen LogP contribution in [0.25, 0.3) is 0 Å². The summed E-state index contributed by atoms with van der Waals surface area (Å²) in [5, 5.41) is 8.57. The van der Waals surface area contributed by atoms with Crippen molar-refractivity contribution in [1.29, 1.82) is 0 Å². The summed E-state index contributed by atoms with van der Waals surface area (Å²) in [6, 6.07) is 1.69. The lowest BCUT2D eigenvalue weighted by atomic mass is 9.97. The van der Waals surface area contributed by atoms with Crippen molar-refractivity contribution in [3.8, 4) is 0 Å². The highest BCUT2D eigenvalue weighted by molar-refractivity contribution is 6.32. The van der Waals surface area contributed by atoms with Crippen LogP contribution in [0.3, 0.4) is 0 Å². The standard InChI is InChI=1S/C6H6BNO/c7-6-1-5(4-9)2-8-3-6/h1-3,9H,4H2. The van der Waals surface area contributed by atoms with E-state index in [-0.39, 0.29) is 6.61 Å². The van der Waals surface area contributed by atoms with E-state index in [1.54, 1.807) is 18.5 Å². The van der Waals surface area contributed by atoms with Gasteiger partial charge in [0, 0.05) is 12.4 Å². The van der Waals surface area contributed by atoms with Crippen LogP contribution < -0.4 is 5.46 Å². The van der Waals surface area contributed by atoms with E-state index in [0.29, 0.717) is 5.46 Å². The van der Waals surface area contributed by atoms with Crippen LogP contribution in [0.5, 0.6) is 0 Å². The van der Waals surface area contributed by atoms with E-state index in [1.807, 2.05) is 0 Å². The second-order valence-electron chi connectivity index (χ2n) is 1.78. The van der Waals surface area contributed by atoms with Gasteiger partial charge in [-0.2, -0.15) is 0 Å². The van der Waals surface area contributed by atoms with Crippen LogP contribution >= 0.6 is 0 Å². The van der Waals surface area contributed by atoms with Gasteiger partial charge in [-0.15, -0.1) is 0 Å². The molecule has 9 heavy (non-hydrogen) atoms. The first-order chi connectivity index (χ1) is 4.33. The van der Waals surface area contributed by atoms with Crippen molar-refractivity contribution in [2.24, 2.45) is 0 Å². The van der Waals surface area contributed by atoms with Gasteiger partial charge in [0.15, 0.2) is 0 Å². The number of hydrogen-bond acceptors (Lipinski definition) is 2. The van der Waals surface area contributed by atoms with Gasteiger partial charge in [0.1, 0.15) is 7.85 Å². The van der Waals surface area contributed by atoms with Crippen molar-refractivity contribution in [2.45, 2.75) is 6.61 Å². The molecule has 0 aromatic carbocycles. The number of pyridine rings is 1. The zero-order valence-electron chi connectivity index (χ0n) is 4.91. The van der Waals surface area contributed by atoms with E-state index in [4.69, 9.17) is 13.0 Å². The summed E-state index contributed by atoms with van der Waals surface area (Å²) >= 11 is 0. The fourth-order valence-corrected chi connectivity index (χ4v) is 0.594. The molecule has 0 unspecified atom stereocenters. The Balaban J connectivity index is 2.94.